The van der Waals surface area contributed by atoms with Gasteiger partial charge in [0.2, 0.25) is 0 Å². The first-order valence-electron chi connectivity index (χ1n) is 7.60. The normalized spacial score (nSPS) is 16.7. The Morgan fingerprint density at radius 2 is 1.87 bits per heavy atom. The van der Waals surface area contributed by atoms with Crippen molar-refractivity contribution in [2.45, 2.75) is 26.0 Å². The summed E-state index contributed by atoms with van der Waals surface area (Å²) in [6.45, 7) is 4.22. The van der Waals surface area contributed by atoms with Crippen LogP contribution in [0, 0.1) is 0 Å². The summed E-state index contributed by atoms with van der Waals surface area (Å²) in [5, 5.41) is 0. The molecule has 128 valence electrons. The van der Waals surface area contributed by atoms with E-state index in [1.165, 1.54) is 12.1 Å². The van der Waals surface area contributed by atoms with Gasteiger partial charge in [0.1, 0.15) is 5.75 Å². The minimum absolute atomic E-state index is 0.0852. The number of alkyl halides is 2. The minimum Gasteiger partial charge on any atom is -0.434 e. The maximum absolute atomic E-state index is 12.6. The van der Waals surface area contributed by atoms with E-state index < -0.39 is 6.61 Å². The lowest BCUT2D eigenvalue weighted by atomic mass is 10.1. The minimum atomic E-state index is -2.95. The highest BCUT2D eigenvalue weighted by molar-refractivity contribution is 5.97. The maximum Gasteiger partial charge on any atom is 0.387 e. The number of piperazine rings is 1. The number of carbonyl (C=O) groups excluding carboxylic acids is 1. The molecule has 1 amide bonds. The van der Waals surface area contributed by atoms with Crippen LogP contribution >= 0.6 is 0 Å². The smallest absolute Gasteiger partial charge is 0.387 e. The zero-order valence-corrected chi connectivity index (χ0v) is 13.5. The fourth-order valence-corrected chi connectivity index (χ4v) is 2.70. The number of rotatable bonds is 5. The molecule has 1 aliphatic heterocycles. The quantitative estimate of drug-likeness (QED) is 0.896. The molecule has 0 unspecified atom stereocenters. The molecule has 1 fully saturated rings. The average molecular weight is 327 g/mol. The molecule has 0 aliphatic carbocycles. The summed E-state index contributed by atoms with van der Waals surface area (Å²) in [5.41, 5.74) is 5.89. The van der Waals surface area contributed by atoms with E-state index >= 15 is 0 Å². The van der Waals surface area contributed by atoms with Gasteiger partial charge in [-0.25, -0.2) is 0 Å². The molecular weight excluding hydrogens is 304 g/mol. The lowest BCUT2D eigenvalue weighted by Gasteiger charge is -2.37. The van der Waals surface area contributed by atoms with E-state index in [0.717, 1.165) is 6.54 Å². The molecular formula is C16H23F2N3O2. The third-order valence-corrected chi connectivity index (χ3v) is 3.62. The number of hydrogen-bond acceptors (Lipinski definition) is 4. The fraction of sp³-hybridized carbons (Fsp3) is 0.562. The molecule has 2 rings (SSSR count). The van der Waals surface area contributed by atoms with Crippen LogP contribution in [-0.2, 0) is 0 Å². The third kappa shape index (κ3) is 5.14. The molecule has 0 spiro atoms. The highest BCUT2D eigenvalue weighted by atomic mass is 19.3. The van der Waals surface area contributed by atoms with Gasteiger partial charge in [-0.15, -0.1) is 0 Å². The van der Waals surface area contributed by atoms with Crippen LogP contribution < -0.4 is 10.5 Å². The molecule has 5 nitrogen and oxygen atoms in total. The molecule has 0 bridgehead atoms. The average Bonchev–Trinajstić information content (AvgIpc) is 2.45. The second-order valence-corrected chi connectivity index (χ2v) is 6.43. The van der Waals surface area contributed by atoms with Gasteiger partial charge >= 0.3 is 6.61 Å². The second-order valence-electron chi connectivity index (χ2n) is 6.43. The lowest BCUT2D eigenvalue weighted by Crippen LogP contribution is -2.54. The van der Waals surface area contributed by atoms with E-state index in [0.29, 0.717) is 26.2 Å². The molecule has 0 saturated carbocycles. The Labute approximate surface area is 135 Å². The van der Waals surface area contributed by atoms with Crippen LogP contribution in [0.15, 0.2) is 24.3 Å². The molecule has 23 heavy (non-hydrogen) atoms. The molecule has 1 aliphatic rings. The van der Waals surface area contributed by atoms with E-state index in [2.05, 4.69) is 9.64 Å². The molecule has 1 aromatic rings. The van der Waals surface area contributed by atoms with Gasteiger partial charge in [-0.05, 0) is 26.0 Å². The van der Waals surface area contributed by atoms with Crippen molar-refractivity contribution < 1.29 is 18.3 Å². The number of halogens is 2. The first-order chi connectivity index (χ1) is 10.8. The molecule has 0 aromatic heterocycles. The molecule has 1 saturated heterocycles. The van der Waals surface area contributed by atoms with Crippen molar-refractivity contribution in [3.63, 3.8) is 0 Å². The number of hydrogen-bond donors (Lipinski definition) is 1. The molecule has 7 heteroatoms. The van der Waals surface area contributed by atoms with Gasteiger partial charge in [-0.1, -0.05) is 12.1 Å². The molecule has 1 aromatic carbocycles. The molecule has 2 N–H and O–H groups in total. The zero-order valence-electron chi connectivity index (χ0n) is 13.5. The van der Waals surface area contributed by atoms with Crippen molar-refractivity contribution in [2.24, 2.45) is 5.73 Å². The Kier molecular flexibility index (Phi) is 5.54. The van der Waals surface area contributed by atoms with Crippen LogP contribution in [0.25, 0.3) is 0 Å². The van der Waals surface area contributed by atoms with Crippen molar-refractivity contribution in [2.75, 3.05) is 32.7 Å². The SMILES string of the molecule is CC(C)(N)CN1CCN(C(=O)c2ccccc2OC(F)F)CC1. The zero-order chi connectivity index (χ0) is 17.0. The van der Waals surface area contributed by atoms with Crippen LogP contribution in [0.2, 0.25) is 0 Å². The summed E-state index contributed by atoms with van der Waals surface area (Å²) in [5.74, 6) is -0.370. The Morgan fingerprint density at radius 1 is 1.26 bits per heavy atom. The van der Waals surface area contributed by atoms with Gasteiger partial charge in [0.15, 0.2) is 0 Å². The summed E-state index contributed by atoms with van der Waals surface area (Å²) in [7, 11) is 0. The van der Waals surface area contributed by atoms with E-state index in [1.54, 1.807) is 17.0 Å². The number of para-hydroxylation sites is 1. The molecule has 0 atom stereocenters. The van der Waals surface area contributed by atoms with Crippen molar-refractivity contribution in [1.82, 2.24) is 9.80 Å². The number of benzene rings is 1. The predicted molar refractivity (Wildman–Crippen MR) is 83.7 cm³/mol. The monoisotopic (exact) mass is 327 g/mol. The van der Waals surface area contributed by atoms with Crippen molar-refractivity contribution in [3.8, 4) is 5.75 Å². The number of nitrogens with zero attached hydrogens (tertiary/aromatic N) is 2. The summed E-state index contributed by atoms with van der Waals surface area (Å²) in [4.78, 5) is 16.4. The lowest BCUT2D eigenvalue weighted by molar-refractivity contribution is -0.0503. The van der Waals surface area contributed by atoms with Crippen molar-refractivity contribution in [1.29, 1.82) is 0 Å². The van der Waals surface area contributed by atoms with Crippen molar-refractivity contribution in [3.05, 3.63) is 29.8 Å². The Bertz CT molecular complexity index is 538. The Hall–Kier alpha value is -1.73. The number of ether oxygens (including phenoxy) is 1. The first-order valence-corrected chi connectivity index (χ1v) is 7.60. The highest BCUT2D eigenvalue weighted by Crippen LogP contribution is 2.22. The maximum atomic E-state index is 12.6. The number of carbonyl (C=O) groups is 1. The molecule has 1 heterocycles. The fourth-order valence-electron chi connectivity index (χ4n) is 2.70. The van der Waals surface area contributed by atoms with Crippen LogP contribution in [0.3, 0.4) is 0 Å². The van der Waals surface area contributed by atoms with Crippen LogP contribution in [-0.4, -0.2) is 60.6 Å². The number of nitrogens with two attached hydrogens (primary N) is 1. The predicted octanol–water partition coefficient (Wildman–Crippen LogP) is 1.78. The van der Waals surface area contributed by atoms with E-state index in [4.69, 9.17) is 5.73 Å². The van der Waals surface area contributed by atoms with Crippen molar-refractivity contribution >= 4 is 5.91 Å². The first kappa shape index (κ1) is 17.6. The second kappa shape index (κ2) is 7.23. The van der Waals surface area contributed by atoms with E-state index in [9.17, 15) is 13.6 Å². The van der Waals surface area contributed by atoms with Crippen LogP contribution in [0.4, 0.5) is 8.78 Å². The third-order valence-electron chi connectivity index (χ3n) is 3.62. The summed E-state index contributed by atoms with van der Waals surface area (Å²) in [6.07, 6.45) is 0. The van der Waals surface area contributed by atoms with Gasteiger partial charge in [-0.3, -0.25) is 9.69 Å². The summed E-state index contributed by atoms with van der Waals surface area (Å²) >= 11 is 0. The van der Waals surface area contributed by atoms with E-state index in [-0.39, 0.29) is 22.8 Å². The Morgan fingerprint density at radius 3 is 2.43 bits per heavy atom. The topological polar surface area (TPSA) is 58.8 Å². The van der Waals surface area contributed by atoms with Gasteiger partial charge in [0.05, 0.1) is 5.56 Å². The standard InChI is InChI=1S/C16H23F2N3O2/c1-16(2,19)11-20-7-9-21(10-8-20)14(22)12-5-3-4-6-13(12)23-15(17)18/h3-6,15H,7-11,19H2,1-2H3. The Balaban J connectivity index is 2.00. The number of amides is 1. The van der Waals surface area contributed by atoms with Gasteiger partial charge in [0, 0.05) is 38.3 Å². The van der Waals surface area contributed by atoms with E-state index in [1.807, 2.05) is 13.8 Å². The summed E-state index contributed by atoms with van der Waals surface area (Å²) < 4.78 is 29.3. The van der Waals surface area contributed by atoms with Gasteiger partial charge in [-0.2, -0.15) is 8.78 Å². The highest BCUT2D eigenvalue weighted by Gasteiger charge is 2.26. The largest absolute Gasteiger partial charge is 0.434 e. The van der Waals surface area contributed by atoms with Crippen LogP contribution in [0.1, 0.15) is 24.2 Å². The van der Waals surface area contributed by atoms with Crippen LogP contribution in [0.5, 0.6) is 5.75 Å². The van der Waals surface area contributed by atoms with Gasteiger partial charge < -0.3 is 15.4 Å². The van der Waals surface area contributed by atoms with Gasteiger partial charge in [0.25, 0.3) is 5.91 Å². The summed E-state index contributed by atoms with van der Waals surface area (Å²) in [6, 6.07) is 6.09. The molecule has 0 radical (unpaired) electrons.